The molecule has 0 amide bonds. The third kappa shape index (κ3) is 4.67. The van der Waals surface area contributed by atoms with E-state index in [-0.39, 0.29) is 6.67 Å². The van der Waals surface area contributed by atoms with Crippen molar-refractivity contribution >= 4 is 21.4 Å². The topological polar surface area (TPSA) is 88.7 Å². The van der Waals surface area contributed by atoms with E-state index in [0.29, 0.717) is 42.9 Å². The van der Waals surface area contributed by atoms with Crippen LogP contribution in [0.1, 0.15) is 31.7 Å². The first-order valence-corrected chi connectivity index (χ1v) is 12.6. The highest BCUT2D eigenvalue weighted by Gasteiger charge is 2.29. The first-order valence-electron chi connectivity index (χ1n) is 10.3. The number of piperazine rings is 1. The van der Waals surface area contributed by atoms with Crippen LogP contribution >= 0.6 is 11.3 Å². The van der Waals surface area contributed by atoms with Crippen LogP contribution in [0.15, 0.2) is 55.9 Å². The number of nitrogens with zero attached hydrogens (tertiary/aromatic N) is 4. The summed E-state index contributed by atoms with van der Waals surface area (Å²) >= 11 is 1.45. The van der Waals surface area contributed by atoms with E-state index in [2.05, 4.69) is 18.9 Å². The molecule has 0 bridgehead atoms. The Kier molecular flexibility index (Phi) is 6.42. The molecule has 1 unspecified atom stereocenters. The van der Waals surface area contributed by atoms with Gasteiger partial charge < -0.3 is 4.42 Å². The molecule has 1 aliphatic rings. The van der Waals surface area contributed by atoms with Crippen LogP contribution in [0.5, 0.6) is 0 Å². The highest BCUT2D eigenvalue weighted by Crippen LogP contribution is 2.24. The van der Waals surface area contributed by atoms with Crippen LogP contribution in [0.3, 0.4) is 0 Å². The maximum absolute atomic E-state index is 13.0. The molecule has 166 valence electrons. The average molecular weight is 463 g/mol. The normalized spacial score (nSPS) is 17.1. The summed E-state index contributed by atoms with van der Waals surface area (Å²) in [6.45, 7) is 6.26. The number of hydrogen-bond donors (Lipinski definition) is 0. The van der Waals surface area contributed by atoms with Gasteiger partial charge in [-0.15, -0.1) is 16.4 Å². The molecule has 3 heterocycles. The summed E-state index contributed by atoms with van der Waals surface area (Å²) in [5.74, 6) is 0.197. The molecule has 31 heavy (non-hydrogen) atoms. The summed E-state index contributed by atoms with van der Waals surface area (Å²) in [7, 11) is -3.54. The van der Waals surface area contributed by atoms with Gasteiger partial charge in [-0.1, -0.05) is 32.0 Å². The van der Waals surface area contributed by atoms with Gasteiger partial charge >= 0.3 is 5.76 Å². The Morgan fingerprint density at radius 3 is 2.45 bits per heavy atom. The van der Waals surface area contributed by atoms with Crippen molar-refractivity contribution in [1.29, 1.82) is 0 Å². The lowest BCUT2D eigenvalue weighted by molar-refractivity contribution is 0.142. The van der Waals surface area contributed by atoms with E-state index in [0.717, 1.165) is 16.9 Å². The van der Waals surface area contributed by atoms with Crippen LogP contribution in [-0.4, -0.2) is 53.6 Å². The van der Waals surface area contributed by atoms with Crippen molar-refractivity contribution in [2.45, 2.75) is 37.8 Å². The van der Waals surface area contributed by atoms with Crippen LogP contribution in [0.4, 0.5) is 0 Å². The van der Waals surface area contributed by atoms with Crippen molar-refractivity contribution in [1.82, 2.24) is 19.0 Å². The lowest BCUT2D eigenvalue weighted by atomic mass is 9.99. The fourth-order valence-corrected chi connectivity index (χ4v) is 5.62. The summed E-state index contributed by atoms with van der Waals surface area (Å²) in [6, 6.07) is 10.9. The van der Waals surface area contributed by atoms with Gasteiger partial charge in [0.2, 0.25) is 10.0 Å². The SMILES string of the molecule is CCC(C)c1ccc(S(=O)(=O)N2CCN(Cn3nc(-c4cccs4)oc3=O)CC2)cc1. The Bertz CT molecular complexity index is 1160. The van der Waals surface area contributed by atoms with Crippen molar-refractivity contribution in [2.24, 2.45) is 0 Å². The standard InChI is InChI=1S/C21H26N4O4S2/c1-3-16(2)17-6-8-18(9-7-17)31(27,28)24-12-10-23(11-13-24)15-25-21(26)29-20(22-25)19-5-4-14-30-19/h4-9,14,16H,3,10-13,15H2,1-2H3. The van der Waals surface area contributed by atoms with E-state index >= 15 is 0 Å². The summed E-state index contributed by atoms with van der Waals surface area (Å²) in [5, 5.41) is 6.16. The van der Waals surface area contributed by atoms with Crippen LogP contribution in [0, 0.1) is 0 Å². The molecule has 1 saturated heterocycles. The molecular weight excluding hydrogens is 436 g/mol. The molecule has 1 aromatic carbocycles. The molecule has 0 saturated carbocycles. The second-order valence-electron chi connectivity index (χ2n) is 7.69. The zero-order valence-corrected chi connectivity index (χ0v) is 19.2. The predicted octanol–water partition coefficient (Wildman–Crippen LogP) is 3.04. The molecule has 0 aliphatic carbocycles. The minimum Gasteiger partial charge on any atom is -0.387 e. The highest BCUT2D eigenvalue weighted by molar-refractivity contribution is 7.89. The van der Waals surface area contributed by atoms with Gasteiger partial charge in [0.25, 0.3) is 5.89 Å². The summed E-state index contributed by atoms with van der Waals surface area (Å²) in [4.78, 5) is 15.2. The molecule has 0 spiro atoms. The molecule has 10 heteroatoms. The third-order valence-corrected chi connectivity index (χ3v) is 8.47. The average Bonchev–Trinajstić information content (AvgIpc) is 3.44. The molecule has 0 radical (unpaired) electrons. The Balaban J connectivity index is 1.39. The molecule has 3 aromatic rings. The van der Waals surface area contributed by atoms with Gasteiger partial charge in [-0.3, -0.25) is 4.90 Å². The second-order valence-corrected chi connectivity index (χ2v) is 10.6. The van der Waals surface area contributed by atoms with Gasteiger partial charge in [-0.2, -0.15) is 8.99 Å². The molecular formula is C21H26N4O4S2. The van der Waals surface area contributed by atoms with Crippen molar-refractivity contribution in [3.63, 3.8) is 0 Å². The lowest BCUT2D eigenvalue weighted by Crippen LogP contribution is -2.49. The second kappa shape index (κ2) is 9.07. The van der Waals surface area contributed by atoms with E-state index < -0.39 is 15.8 Å². The third-order valence-electron chi connectivity index (χ3n) is 5.70. The zero-order valence-electron chi connectivity index (χ0n) is 17.6. The van der Waals surface area contributed by atoms with Crippen LogP contribution in [0.25, 0.3) is 10.8 Å². The van der Waals surface area contributed by atoms with E-state index in [1.807, 2.05) is 34.5 Å². The van der Waals surface area contributed by atoms with E-state index in [1.54, 1.807) is 12.1 Å². The van der Waals surface area contributed by atoms with Crippen molar-refractivity contribution in [3.8, 4) is 10.8 Å². The maximum atomic E-state index is 13.0. The number of thiophene rings is 1. The van der Waals surface area contributed by atoms with Crippen LogP contribution in [0.2, 0.25) is 0 Å². The summed E-state index contributed by atoms with van der Waals surface area (Å²) in [5.41, 5.74) is 1.14. The van der Waals surface area contributed by atoms with Gasteiger partial charge in [0.15, 0.2) is 0 Å². The molecule has 1 aliphatic heterocycles. The lowest BCUT2D eigenvalue weighted by Gasteiger charge is -2.33. The number of benzene rings is 1. The Morgan fingerprint density at radius 2 is 1.84 bits per heavy atom. The van der Waals surface area contributed by atoms with E-state index in [9.17, 15) is 13.2 Å². The van der Waals surface area contributed by atoms with Crippen molar-refractivity contribution in [3.05, 3.63) is 57.9 Å². The number of sulfonamides is 1. The Hall–Kier alpha value is -2.27. The van der Waals surface area contributed by atoms with Gasteiger partial charge in [-0.25, -0.2) is 13.2 Å². The monoisotopic (exact) mass is 462 g/mol. The highest BCUT2D eigenvalue weighted by atomic mass is 32.2. The largest absolute Gasteiger partial charge is 0.438 e. The van der Waals surface area contributed by atoms with Crippen LogP contribution in [-0.2, 0) is 16.7 Å². The fraction of sp³-hybridized carbons (Fsp3) is 0.429. The summed E-state index contributed by atoms with van der Waals surface area (Å²) in [6.07, 6.45) is 1.01. The minimum absolute atomic E-state index is 0.269. The molecule has 4 rings (SSSR count). The Labute approximate surface area is 185 Å². The number of hydrogen-bond acceptors (Lipinski definition) is 7. The summed E-state index contributed by atoms with van der Waals surface area (Å²) < 4.78 is 34.1. The van der Waals surface area contributed by atoms with E-state index in [1.165, 1.54) is 20.3 Å². The van der Waals surface area contributed by atoms with Gasteiger partial charge in [0, 0.05) is 26.2 Å². The van der Waals surface area contributed by atoms with Gasteiger partial charge in [0.1, 0.15) is 6.67 Å². The van der Waals surface area contributed by atoms with Crippen molar-refractivity contribution < 1.29 is 12.8 Å². The van der Waals surface area contributed by atoms with Crippen LogP contribution < -0.4 is 5.76 Å². The fourth-order valence-electron chi connectivity index (χ4n) is 3.55. The first-order chi connectivity index (χ1) is 14.9. The maximum Gasteiger partial charge on any atom is 0.438 e. The molecule has 2 aromatic heterocycles. The quantitative estimate of drug-likeness (QED) is 0.536. The van der Waals surface area contributed by atoms with Crippen molar-refractivity contribution in [2.75, 3.05) is 26.2 Å². The molecule has 8 nitrogen and oxygen atoms in total. The molecule has 0 N–H and O–H groups in total. The van der Waals surface area contributed by atoms with E-state index in [4.69, 9.17) is 4.42 Å². The molecule has 1 atom stereocenters. The smallest absolute Gasteiger partial charge is 0.387 e. The zero-order chi connectivity index (χ0) is 22.0. The molecule has 1 fully saturated rings. The van der Waals surface area contributed by atoms with Gasteiger partial charge in [0.05, 0.1) is 9.77 Å². The number of aromatic nitrogens is 2. The number of rotatable bonds is 7. The first kappa shape index (κ1) is 21.9. The predicted molar refractivity (Wildman–Crippen MR) is 120 cm³/mol. The van der Waals surface area contributed by atoms with Gasteiger partial charge in [-0.05, 0) is 41.5 Å². The Morgan fingerprint density at radius 1 is 1.13 bits per heavy atom. The minimum atomic E-state index is -3.54.